The van der Waals surface area contributed by atoms with E-state index in [9.17, 15) is 4.79 Å². The second kappa shape index (κ2) is 4.94. The van der Waals surface area contributed by atoms with E-state index in [0.29, 0.717) is 19.6 Å². The van der Waals surface area contributed by atoms with Crippen molar-refractivity contribution in [2.24, 2.45) is 0 Å². The molecule has 1 aromatic carbocycles. The van der Waals surface area contributed by atoms with Gasteiger partial charge in [-0.3, -0.25) is 9.78 Å². The predicted octanol–water partition coefficient (Wildman–Crippen LogP) is 2.85. The quantitative estimate of drug-likeness (QED) is 0.789. The maximum Gasteiger partial charge on any atom is 0.168 e. The molecule has 0 spiro atoms. The van der Waals surface area contributed by atoms with E-state index in [2.05, 4.69) is 4.98 Å². The Kier molecular flexibility index (Phi) is 3.13. The van der Waals surface area contributed by atoms with Gasteiger partial charge in [-0.2, -0.15) is 0 Å². The standard InChI is InChI=1S/C16H15NO2/c1-11-3-2-6-17-15(11)8-16(18)12-4-5-13-9-19-10-14(13)7-12/h2-7H,8-10H2,1H3. The highest BCUT2D eigenvalue weighted by Crippen LogP contribution is 2.21. The van der Waals surface area contributed by atoms with Gasteiger partial charge >= 0.3 is 0 Å². The summed E-state index contributed by atoms with van der Waals surface area (Å²) in [4.78, 5) is 16.6. The number of pyridine rings is 1. The zero-order valence-corrected chi connectivity index (χ0v) is 10.8. The van der Waals surface area contributed by atoms with Gasteiger partial charge in [-0.05, 0) is 35.7 Å². The van der Waals surface area contributed by atoms with Crippen LogP contribution in [-0.4, -0.2) is 10.8 Å². The molecule has 0 N–H and O–H groups in total. The lowest BCUT2D eigenvalue weighted by molar-refractivity contribution is 0.0991. The molecule has 0 radical (unpaired) electrons. The van der Waals surface area contributed by atoms with Crippen LogP contribution in [0, 0.1) is 6.92 Å². The van der Waals surface area contributed by atoms with Gasteiger partial charge in [0.05, 0.1) is 25.3 Å². The maximum atomic E-state index is 12.3. The molecule has 0 unspecified atom stereocenters. The molecular formula is C16H15NO2. The molecule has 2 aromatic rings. The number of aromatic nitrogens is 1. The predicted molar refractivity (Wildman–Crippen MR) is 71.9 cm³/mol. The van der Waals surface area contributed by atoms with E-state index in [4.69, 9.17) is 4.74 Å². The van der Waals surface area contributed by atoms with Gasteiger partial charge in [-0.1, -0.05) is 18.2 Å². The number of Topliss-reactive ketones (excluding diaryl/α,β-unsaturated/α-hetero) is 1. The highest BCUT2D eigenvalue weighted by molar-refractivity contribution is 5.97. The molecule has 3 rings (SSSR count). The summed E-state index contributed by atoms with van der Waals surface area (Å²) in [6, 6.07) is 9.68. The molecule has 96 valence electrons. The third-order valence-electron chi connectivity index (χ3n) is 3.49. The number of ketones is 1. The first-order valence-electron chi connectivity index (χ1n) is 6.37. The summed E-state index contributed by atoms with van der Waals surface area (Å²) in [5.41, 5.74) is 4.97. The zero-order valence-electron chi connectivity index (χ0n) is 10.8. The van der Waals surface area contributed by atoms with Gasteiger partial charge in [-0.25, -0.2) is 0 Å². The zero-order chi connectivity index (χ0) is 13.2. The van der Waals surface area contributed by atoms with E-state index in [-0.39, 0.29) is 5.78 Å². The molecule has 0 amide bonds. The SMILES string of the molecule is Cc1cccnc1CC(=O)c1ccc2c(c1)COC2. The summed E-state index contributed by atoms with van der Waals surface area (Å²) in [6.07, 6.45) is 2.08. The van der Waals surface area contributed by atoms with E-state index in [1.54, 1.807) is 6.20 Å². The number of hydrogen-bond donors (Lipinski definition) is 0. The molecule has 3 heteroatoms. The van der Waals surface area contributed by atoms with Gasteiger partial charge in [0.1, 0.15) is 0 Å². The number of benzene rings is 1. The molecule has 0 bridgehead atoms. The first-order chi connectivity index (χ1) is 9.24. The Labute approximate surface area is 112 Å². The van der Waals surface area contributed by atoms with Crippen LogP contribution in [-0.2, 0) is 24.4 Å². The number of aryl methyl sites for hydroxylation is 1. The molecular weight excluding hydrogens is 238 g/mol. The summed E-state index contributed by atoms with van der Waals surface area (Å²) < 4.78 is 5.36. The highest BCUT2D eigenvalue weighted by Gasteiger charge is 2.15. The molecule has 3 nitrogen and oxygen atoms in total. The minimum atomic E-state index is 0.108. The first-order valence-corrected chi connectivity index (χ1v) is 6.37. The van der Waals surface area contributed by atoms with Crippen LogP contribution < -0.4 is 0 Å². The smallest absolute Gasteiger partial charge is 0.168 e. The second-order valence-electron chi connectivity index (χ2n) is 4.84. The molecule has 1 aliphatic heterocycles. The normalized spacial score (nSPS) is 13.3. The molecule has 0 saturated heterocycles. The fourth-order valence-corrected chi connectivity index (χ4v) is 2.30. The van der Waals surface area contributed by atoms with E-state index >= 15 is 0 Å². The number of ether oxygens (including phenoxy) is 1. The Bertz CT molecular complexity index is 634. The van der Waals surface area contributed by atoms with Crippen LogP contribution in [0.3, 0.4) is 0 Å². The van der Waals surface area contributed by atoms with Gasteiger partial charge in [0.15, 0.2) is 5.78 Å². The molecule has 1 aliphatic rings. The van der Waals surface area contributed by atoms with E-state index in [1.807, 2.05) is 37.3 Å². The average molecular weight is 253 g/mol. The summed E-state index contributed by atoms with van der Waals surface area (Å²) in [5, 5.41) is 0. The van der Waals surface area contributed by atoms with Crippen LogP contribution >= 0.6 is 0 Å². The lowest BCUT2D eigenvalue weighted by Gasteiger charge is -2.05. The number of fused-ring (bicyclic) bond motifs is 1. The van der Waals surface area contributed by atoms with Crippen LogP contribution in [0.2, 0.25) is 0 Å². The minimum Gasteiger partial charge on any atom is -0.372 e. The van der Waals surface area contributed by atoms with Crippen molar-refractivity contribution in [2.75, 3.05) is 0 Å². The van der Waals surface area contributed by atoms with Crippen molar-refractivity contribution in [3.05, 3.63) is 64.5 Å². The van der Waals surface area contributed by atoms with Crippen LogP contribution in [0.1, 0.15) is 32.7 Å². The molecule has 0 saturated carbocycles. The fourth-order valence-electron chi connectivity index (χ4n) is 2.30. The Hall–Kier alpha value is -2.00. The second-order valence-corrected chi connectivity index (χ2v) is 4.84. The third kappa shape index (κ3) is 2.42. The summed E-state index contributed by atoms with van der Waals surface area (Å²) in [6.45, 7) is 3.24. The van der Waals surface area contributed by atoms with Gasteiger partial charge in [0.2, 0.25) is 0 Å². The molecule has 1 aromatic heterocycles. The van der Waals surface area contributed by atoms with E-state index in [0.717, 1.165) is 22.4 Å². The van der Waals surface area contributed by atoms with Crippen LogP contribution in [0.15, 0.2) is 36.5 Å². The average Bonchev–Trinajstić information content (AvgIpc) is 2.88. The Morgan fingerprint density at radius 1 is 1.26 bits per heavy atom. The lowest BCUT2D eigenvalue weighted by atomic mass is 10.00. The number of hydrogen-bond acceptors (Lipinski definition) is 3. The third-order valence-corrected chi connectivity index (χ3v) is 3.49. The Balaban J connectivity index is 1.83. The molecule has 19 heavy (non-hydrogen) atoms. The van der Waals surface area contributed by atoms with Gasteiger partial charge in [0, 0.05) is 11.8 Å². The van der Waals surface area contributed by atoms with Gasteiger partial charge in [0.25, 0.3) is 0 Å². The van der Waals surface area contributed by atoms with Crippen molar-refractivity contribution in [1.82, 2.24) is 4.98 Å². The van der Waals surface area contributed by atoms with Gasteiger partial charge < -0.3 is 4.74 Å². The minimum absolute atomic E-state index is 0.108. The Morgan fingerprint density at radius 3 is 2.95 bits per heavy atom. The summed E-state index contributed by atoms with van der Waals surface area (Å²) >= 11 is 0. The number of carbonyl (C=O) groups is 1. The van der Waals surface area contributed by atoms with Crippen LogP contribution in [0.4, 0.5) is 0 Å². The van der Waals surface area contributed by atoms with E-state index < -0.39 is 0 Å². The monoisotopic (exact) mass is 253 g/mol. The largest absolute Gasteiger partial charge is 0.372 e. The first kappa shape index (κ1) is 12.1. The van der Waals surface area contributed by atoms with Crippen molar-refractivity contribution in [1.29, 1.82) is 0 Å². The topological polar surface area (TPSA) is 39.2 Å². The summed E-state index contributed by atoms with van der Waals surface area (Å²) in [5.74, 6) is 0.108. The number of nitrogens with zero attached hydrogens (tertiary/aromatic N) is 1. The van der Waals surface area contributed by atoms with Crippen molar-refractivity contribution >= 4 is 5.78 Å². The Morgan fingerprint density at radius 2 is 2.11 bits per heavy atom. The molecule has 0 aliphatic carbocycles. The highest BCUT2D eigenvalue weighted by atomic mass is 16.5. The van der Waals surface area contributed by atoms with E-state index in [1.165, 1.54) is 5.56 Å². The van der Waals surface area contributed by atoms with Crippen molar-refractivity contribution < 1.29 is 9.53 Å². The number of carbonyl (C=O) groups excluding carboxylic acids is 1. The van der Waals surface area contributed by atoms with Crippen molar-refractivity contribution in [3.63, 3.8) is 0 Å². The lowest BCUT2D eigenvalue weighted by Crippen LogP contribution is -2.07. The maximum absolute atomic E-state index is 12.3. The fraction of sp³-hybridized carbons (Fsp3) is 0.250. The molecule has 0 fully saturated rings. The molecule has 2 heterocycles. The van der Waals surface area contributed by atoms with Gasteiger partial charge in [-0.15, -0.1) is 0 Å². The molecule has 0 atom stereocenters. The van der Waals surface area contributed by atoms with Crippen LogP contribution in [0.25, 0.3) is 0 Å². The van der Waals surface area contributed by atoms with Crippen LogP contribution in [0.5, 0.6) is 0 Å². The summed E-state index contributed by atoms with van der Waals surface area (Å²) in [7, 11) is 0. The van der Waals surface area contributed by atoms with Crippen molar-refractivity contribution in [2.45, 2.75) is 26.6 Å². The number of rotatable bonds is 3. The van der Waals surface area contributed by atoms with Crippen molar-refractivity contribution in [3.8, 4) is 0 Å².